The normalized spacial score (nSPS) is 40.4. The van der Waals surface area contributed by atoms with Crippen LogP contribution < -0.4 is 0 Å². The SMILES string of the molecule is COC1CC2CC[C@@H](C)C(O)(O2)C(=O)C(=O)N2CCCCC2C(=O)OC(C(C)CC2CCC(O)C(OC)C2)CC(=O)C(C)/C=C(\C)C(O)C(OC)C(O)[C@H](C)CC(C)/C=C/C=CC=C1C.COC1CC2CC[C@@H](C)C(O)(O2)C(=O)C(=O)N2CCCCC2C(=O)OC(C(C)CC2CCC(O)C(OC)C2)CC(=O)C(C)/C=C(\C)C2OC(=O)OC(C2OC)[C@H](C)CC(C)/C=C/C=C/C=C1C. The first-order valence-electron chi connectivity index (χ1n) is 48.7. The number of rotatable bonds is 12. The molecule has 7 heterocycles. The van der Waals surface area contributed by atoms with Gasteiger partial charge in [0.2, 0.25) is 11.6 Å². The molecule has 6 N–H and O–H groups in total. The Hall–Kier alpha value is -6.81. The molecule has 0 aromatic rings. The molecule has 2 saturated carbocycles. The molecular weight excluding hydrogens is 1700 g/mol. The van der Waals surface area contributed by atoms with E-state index in [2.05, 4.69) is 13.0 Å². The Morgan fingerprint density at radius 3 is 1.27 bits per heavy atom. The zero-order chi connectivity index (χ0) is 97.3. The smallest absolute Gasteiger partial charge is 0.460 e. The highest BCUT2D eigenvalue weighted by molar-refractivity contribution is 6.39. The van der Waals surface area contributed by atoms with Crippen LogP contribution in [0.15, 0.2) is 95.2 Å². The van der Waals surface area contributed by atoms with Crippen molar-refractivity contribution in [2.24, 2.45) is 71.0 Å². The second-order valence-corrected chi connectivity index (χ2v) is 40.0. The van der Waals surface area contributed by atoms with E-state index < -0.39 is 174 Å². The standard InChI is InChI=1S/C52H79NO14.C51H81NO13/c1-30-16-12-11-13-17-31(2)42(61-8)28-38-21-19-36(7)52(60,67-38)48(56)49(57)53-23-15-14-18-39(53)50(58)64-43(33(4)26-37-20-22-40(54)44(27-37)62-9)29-41(55)32(3)25-35(6)46-47(63-10)45(34(5)24-30)65-51(59)66-46;1-30-16-12-11-13-17-31(2)42(61-8)28-38-21-19-36(7)51(60,65-38)48(57)49(58)52-23-15-14-18-39(52)50(59)64-43(33(4)26-37-20-22-40(53)44(27-37)62-9)29-41(54)32(3)25-35(6)46(56)47(63-10)45(55)34(5)24-30/h11-13,16-17,25,30,32-34,36-40,42-47,54,60H,14-15,18-24,26-29H2,1-10H3;11-13,16-17,25,30,32-34,36-40,42-47,53,55-56,60H,14-15,18-24,26-29H2,1-10H3/b13-11+,16-12+,31-17?,35-25+;13-11?,16-12+,31-17?,35-25+/t30?,32?,33?,34-,36-,37?,38?,39?,40?,42?,43?,44?,45?,46?,47?,52?;30?,32?,33?,34-,36-,37?,38?,39?,40?,42?,43?,44?,45?,46?,47?,51?/m11/s1. The quantitative estimate of drug-likeness (QED) is 0.0457. The first kappa shape index (κ1) is 110. The molecule has 2 aliphatic carbocycles. The van der Waals surface area contributed by atoms with Crippen LogP contribution in [0.1, 0.15) is 251 Å². The number of hydrogen-bond acceptors (Lipinski definition) is 27. The van der Waals surface area contributed by atoms with Gasteiger partial charge in [-0.2, -0.15) is 0 Å². The molecule has 7 fully saturated rings. The number of methoxy groups -OCH3 is 6. The number of ether oxygens (including phenoxy) is 12. The summed E-state index contributed by atoms with van der Waals surface area (Å²) in [6.45, 7) is 26.2. The van der Waals surface area contributed by atoms with Gasteiger partial charge >= 0.3 is 18.1 Å². The molecule has 2 amide bonds. The maximum Gasteiger partial charge on any atom is 0.509 e. The number of aliphatic hydroxyl groups is 6. The van der Waals surface area contributed by atoms with E-state index in [1.165, 1.54) is 16.9 Å². The zero-order valence-corrected chi connectivity index (χ0v) is 82.3. The van der Waals surface area contributed by atoms with Crippen molar-refractivity contribution in [1.29, 1.82) is 0 Å². The van der Waals surface area contributed by atoms with Crippen molar-refractivity contribution < 1.29 is 131 Å². The molecule has 9 aliphatic rings. The number of piperidine rings is 2. The van der Waals surface area contributed by atoms with E-state index in [9.17, 15) is 73.8 Å². The molecule has 0 spiro atoms. The number of carbonyl (C=O) groups is 9. The Kier molecular flexibility index (Phi) is 43.6. The Labute approximate surface area is 784 Å². The predicted molar refractivity (Wildman–Crippen MR) is 495 cm³/mol. The van der Waals surface area contributed by atoms with Gasteiger partial charge in [-0.3, -0.25) is 28.8 Å². The average molecular weight is 1860 g/mol. The average Bonchev–Trinajstić information content (AvgIpc) is 0.777. The molecule has 132 heavy (non-hydrogen) atoms. The van der Waals surface area contributed by atoms with Crippen LogP contribution in [0, 0.1) is 71.0 Å². The number of allylic oxidation sites excluding steroid dienone is 12. The zero-order valence-electron chi connectivity index (χ0n) is 82.3. The number of carbonyl (C=O) groups excluding carboxylic acids is 9. The van der Waals surface area contributed by atoms with Crippen LogP contribution in [0.25, 0.3) is 0 Å². The molecular formula is C103H160N2O27. The van der Waals surface area contributed by atoms with Gasteiger partial charge < -0.3 is 97.3 Å². The Morgan fingerprint density at radius 1 is 0.439 bits per heavy atom. The lowest BCUT2D eigenvalue weighted by atomic mass is 9.78. The number of esters is 2. The van der Waals surface area contributed by atoms with E-state index in [1.54, 1.807) is 89.2 Å². The lowest BCUT2D eigenvalue weighted by Gasteiger charge is -2.42. The molecule has 0 aromatic carbocycles. The maximum atomic E-state index is 14.4. The summed E-state index contributed by atoms with van der Waals surface area (Å²) in [4.78, 5) is 130. The molecule has 32 atom stereocenters. The summed E-state index contributed by atoms with van der Waals surface area (Å²) in [5.41, 5.74) is 2.85. The molecule has 29 nitrogen and oxygen atoms in total. The predicted octanol–water partition coefficient (Wildman–Crippen LogP) is 13.1. The van der Waals surface area contributed by atoms with Crippen molar-refractivity contribution in [1.82, 2.24) is 9.80 Å². The summed E-state index contributed by atoms with van der Waals surface area (Å²) in [6, 6.07) is -2.26. The van der Waals surface area contributed by atoms with Crippen molar-refractivity contribution in [3.05, 3.63) is 95.2 Å². The highest BCUT2D eigenvalue weighted by Crippen LogP contribution is 2.43. The van der Waals surface area contributed by atoms with Gasteiger partial charge in [0.15, 0.2) is 6.10 Å². The summed E-state index contributed by atoms with van der Waals surface area (Å²) in [7, 11) is 9.30. The van der Waals surface area contributed by atoms with Crippen LogP contribution >= 0.6 is 0 Å². The summed E-state index contributed by atoms with van der Waals surface area (Å²) in [6.07, 6.45) is 22.3. The fourth-order valence-electron chi connectivity index (χ4n) is 21.1. The molecule has 7 aliphatic heterocycles. The van der Waals surface area contributed by atoms with Crippen LogP contribution in [0.4, 0.5) is 4.79 Å². The maximum absolute atomic E-state index is 14.4. The van der Waals surface area contributed by atoms with Gasteiger partial charge in [0, 0.05) is 105 Å². The molecule has 0 aromatic heterocycles. The van der Waals surface area contributed by atoms with Gasteiger partial charge in [0.25, 0.3) is 23.4 Å². The van der Waals surface area contributed by atoms with E-state index in [-0.39, 0.29) is 110 Å². The molecule has 29 heteroatoms. The number of amides is 2. The van der Waals surface area contributed by atoms with Crippen molar-refractivity contribution in [3.8, 4) is 0 Å². The fraction of sp³-hybridized carbons (Fsp3) is 0.757. The minimum Gasteiger partial charge on any atom is -0.460 e. The van der Waals surface area contributed by atoms with Gasteiger partial charge in [-0.1, -0.05) is 142 Å². The summed E-state index contributed by atoms with van der Waals surface area (Å²) >= 11 is 0. The fourth-order valence-corrected chi connectivity index (χ4v) is 21.1. The third-order valence-corrected chi connectivity index (χ3v) is 29.8. The number of aliphatic hydroxyl groups excluding tert-OH is 4. The number of cyclic esters (lactones) is 2. The molecule has 6 bridgehead atoms. The van der Waals surface area contributed by atoms with Crippen molar-refractivity contribution >= 4 is 53.0 Å². The largest absolute Gasteiger partial charge is 0.509 e. The van der Waals surface area contributed by atoms with E-state index >= 15 is 0 Å². The third kappa shape index (κ3) is 29.6. The van der Waals surface area contributed by atoms with Gasteiger partial charge in [0.05, 0.1) is 54.9 Å². The van der Waals surface area contributed by atoms with E-state index in [4.69, 9.17) is 56.8 Å². The van der Waals surface area contributed by atoms with Crippen molar-refractivity contribution in [2.45, 2.75) is 372 Å². The highest BCUT2D eigenvalue weighted by Gasteiger charge is 2.56. The van der Waals surface area contributed by atoms with Crippen LogP contribution in [-0.4, -0.2) is 271 Å². The van der Waals surface area contributed by atoms with E-state index in [0.717, 1.165) is 24.0 Å². The second kappa shape index (κ2) is 52.1. The van der Waals surface area contributed by atoms with Crippen LogP contribution in [-0.2, 0) is 95.2 Å². The Balaban J connectivity index is 0.000000325. The lowest BCUT2D eigenvalue weighted by molar-refractivity contribution is -0.265. The van der Waals surface area contributed by atoms with Crippen LogP contribution in [0.3, 0.4) is 0 Å². The lowest BCUT2D eigenvalue weighted by Crippen LogP contribution is -2.61. The number of ketones is 4. The minimum absolute atomic E-state index is 0.0801. The van der Waals surface area contributed by atoms with E-state index in [1.807, 2.05) is 103 Å². The summed E-state index contributed by atoms with van der Waals surface area (Å²) < 4.78 is 70.8. The second-order valence-electron chi connectivity index (χ2n) is 40.0. The minimum atomic E-state index is -2.42. The Bertz CT molecular complexity index is 4060. The molecule has 744 valence electrons. The van der Waals surface area contributed by atoms with Crippen LogP contribution in [0.5, 0.6) is 0 Å². The van der Waals surface area contributed by atoms with Gasteiger partial charge in [-0.15, -0.1) is 0 Å². The molecule has 0 radical (unpaired) electrons. The van der Waals surface area contributed by atoms with Gasteiger partial charge in [0.1, 0.15) is 60.3 Å². The summed E-state index contributed by atoms with van der Waals surface area (Å²) in [5, 5.41) is 67.8. The Morgan fingerprint density at radius 2 is 0.856 bits per heavy atom. The number of hydrogen-bond donors (Lipinski definition) is 6. The first-order chi connectivity index (χ1) is 62.6. The number of Topliss-reactive ketones (excluding diaryl/α,β-unsaturated/α-hetero) is 4. The topological polar surface area (TPSA) is 392 Å². The van der Waals surface area contributed by atoms with Crippen LogP contribution in [0.2, 0.25) is 0 Å². The first-order valence-corrected chi connectivity index (χ1v) is 48.7. The molecule has 5 saturated heterocycles. The number of nitrogens with zero attached hydrogens (tertiary/aromatic N) is 2. The van der Waals surface area contributed by atoms with Gasteiger partial charge in [-0.05, 0) is 226 Å². The highest BCUT2D eigenvalue weighted by atomic mass is 16.8. The molecule has 28 unspecified atom stereocenters. The third-order valence-electron chi connectivity index (χ3n) is 29.8. The molecule has 9 rings (SSSR count). The van der Waals surface area contributed by atoms with Crippen molar-refractivity contribution in [3.63, 3.8) is 0 Å². The van der Waals surface area contributed by atoms with Crippen molar-refractivity contribution in [2.75, 3.05) is 55.7 Å². The van der Waals surface area contributed by atoms with E-state index in [0.29, 0.717) is 127 Å². The summed E-state index contributed by atoms with van der Waals surface area (Å²) in [5.74, 6) is -14.5. The van der Waals surface area contributed by atoms with Gasteiger partial charge in [-0.25, -0.2) is 14.4 Å². The number of fused-ring (bicyclic) bond motifs is 8. The monoisotopic (exact) mass is 1860 g/mol.